The van der Waals surface area contributed by atoms with Crippen molar-refractivity contribution in [3.05, 3.63) is 17.0 Å². The van der Waals surface area contributed by atoms with E-state index in [4.69, 9.17) is 12.2 Å². The van der Waals surface area contributed by atoms with Crippen molar-refractivity contribution in [3.63, 3.8) is 0 Å². The van der Waals surface area contributed by atoms with Gasteiger partial charge < -0.3 is 5.32 Å². The van der Waals surface area contributed by atoms with E-state index in [1.54, 1.807) is 0 Å². The van der Waals surface area contributed by atoms with Gasteiger partial charge in [-0.3, -0.25) is 15.6 Å². The smallest absolute Gasteiger partial charge is 0.238 e. The van der Waals surface area contributed by atoms with Gasteiger partial charge >= 0.3 is 0 Å². The predicted octanol–water partition coefficient (Wildman–Crippen LogP) is 2.29. The maximum Gasteiger partial charge on any atom is 0.238 e. The molecule has 1 amide bonds. The standard InChI is InChI=1S/C16H27N5OS2/c1-10(2)8-9-17-15(23)21-20-14(22)7-6-13-11(3)18-16(24-5)19-12(13)4/h10H,6-9H2,1-5H3,(H,20,22)(H2,17,21,23). The Bertz CT molecular complexity index is 555. The molecule has 0 saturated carbocycles. The van der Waals surface area contributed by atoms with Crippen LogP contribution < -0.4 is 16.2 Å². The lowest BCUT2D eigenvalue weighted by Crippen LogP contribution is -2.47. The Balaban J connectivity index is 2.38. The van der Waals surface area contributed by atoms with Crippen molar-refractivity contribution in [2.75, 3.05) is 12.8 Å². The topological polar surface area (TPSA) is 78.9 Å². The van der Waals surface area contributed by atoms with Gasteiger partial charge in [0.15, 0.2) is 10.3 Å². The fraction of sp³-hybridized carbons (Fsp3) is 0.625. The second-order valence-corrected chi connectivity index (χ2v) is 7.15. The van der Waals surface area contributed by atoms with Gasteiger partial charge in [0.2, 0.25) is 5.91 Å². The molecule has 1 rings (SSSR count). The van der Waals surface area contributed by atoms with Crippen molar-refractivity contribution in [2.24, 2.45) is 5.92 Å². The highest BCUT2D eigenvalue weighted by Crippen LogP contribution is 2.16. The number of hydrazine groups is 1. The molecule has 0 aliphatic heterocycles. The molecule has 0 saturated heterocycles. The molecule has 0 aromatic carbocycles. The summed E-state index contributed by atoms with van der Waals surface area (Å²) in [6.45, 7) is 9.00. The maximum atomic E-state index is 11.9. The van der Waals surface area contributed by atoms with Crippen molar-refractivity contribution in [1.82, 2.24) is 26.1 Å². The Labute approximate surface area is 154 Å². The van der Waals surface area contributed by atoms with Gasteiger partial charge in [0.05, 0.1) is 0 Å². The summed E-state index contributed by atoms with van der Waals surface area (Å²) in [5.41, 5.74) is 8.23. The monoisotopic (exact) mass is 369 g/mol. The zero-order valence-corrected chi connectivity index (χ0v) is 16.7. The van der Waals surface area contributed by atoms with Gasteiger partial charge in [-0.2, -0.15) is 0 Å². The molecule has 6 nitrogen and oxygen atoms in total. The first-order valence-electron chi connectivity index (χ1n) is 8.04. The number of rotatable bonds is 7. The average molecular weight is 370 g/mol. The number of aryl methyl sites for hydroxylation is 2. The second kappa shape index (κ2) is 10.5. The van der Waals surface area contributed by atoms with Crippen LogP contribution in [0.15, 0.2) is 5.16 Å². The first-order chi connectivity index (χ1) is 11.3. The summed E-state index contributed by atoms with van der Waals surface area (Å²) in [6.07, 6.45) is 3.93. The molecular formula is C16H27N5OS2. The molecule has 0 bridgehead atoms. The molecule has 0 atom stereocenters. The number of aromatic nitrogens is 2. The molecule has 1 aromatic heterocycles. The third kappa shape index (κ3) is 7.44. The molecular weight excluding hydrogens is 342 g/mol. The molecule has 0 radical (unpaired) electrons. The molecule has 0 fully saturated rings. The van der Waals surface area contributed by atoms with Crippen molar-refractivity contribution in [2.45, 2.75) is 52.1 Å². The van der Waals surface area contributed by atoms with Gasteiger partial charge in [-0.05, 0) is 56.6 Å². The molecule has 0 spiro atoms. The zero-order valence-electron chi connectivity index (χ0n) is 15.0. The Morgan fingerprint density at radius 3 is 2.38 bits per heavy atom. The summed E-state index contributed by atoms with van der Waals surface area (Å²) in [4.78, 5) is 20.8. The van der Waals surface area contributed by atoms with Gasteiger partial charge in [-0.25, -0.2) is 9.97 Å². The van der Waals surface area contributed by atoms with Gasteiger partial charge in [-0.15, -0.1) is 0 Å². The van der Waals surface area contributed by atoms with Crippen LogP contribution >= 0.6 is 24.0 Å². The summed E-state index contributed by atoms with van der Waals surface area (Å²) in [5.74, 6) is 0.497. The minimum atomic E-state index is -0.115. The largest absolute Gasteiger partial charge is 0.361 e. The van der Waals surface area contributed by atoms with E-state index in [9.17, 15) is 4.79 Å². The molecule has 1 aromatic rings. The molecule has 8 heteroatoms. The van der Waals surface area contributed by atoms with E-state index in [0.717, 1.165) is 35.1 Å². The highest BCUT2D eigenvalue weighted by Gasteiger charge is 2.10. The van der Waals surface area contributed by atoms with E-state index >= 15 is 0 Å². The molecule has 24 heavy (non-hydrogen) atoms. The van der Waals surface area contributed by atoms with E-state index in [1.165, 1.54) is 11.8 Å². The van der Waals surface area contributed by atoms with Gasteiger partial charge in [0.1, 0.15) is 0 Å². The quantitative estimate of drug-likeness (QED) is 0.294. The number of carbonyl (C=O) groups is 1. The highest BCUT2D eigenvalue weighted by atomic mass is 32.2. The predicted molar refractivity (Wildman–Crippen MR) is 103 cm³/mol. The number of thioether (sulfide) groups is 1. The van der Waals surface area contributed by atoms with Crippen molar-refractivity contribution in [3.8, 4) is 0 Å². The molecule has 3 N–H and O–H groups in total. The van der Waals surface area contributed by atoms with E-state index in [1.807, 2.05) is 20.1 Å². The maximum absolute atomic E-state index is 11.9. The molecule has 0 aliphatic carbocycles. The van der Waals surface area contributed by atoms with Gasteiger partial charge in [0.25, 0.3) is 0 Å². The van der Waals surface area contributed by atoms with Crippen LogP contribution in [0, 0.1) is 19.8 Å². The van der Waals surface area contributed by atoms with Crippen LogP contribution in [-0.2, 0) is 11.2 Å². The summed E-state index contributed by atoms with van der Waals surface area (Å²) in [5, 5.41) is 4.25. The Morgan fingerprint density at radius 2 is 1.83 bits per heavy atom. The van der Waals surface area contributed by atoms with Gasteiger partial charge in [-0.1, -0.05) is 25.6 Å². The van der Waals surface area contributed by atoms with Crippen LogP contribution in [0.5, 0.6) is 0 Å². The minimum Gasteiger partial charge on any atom is -0.361 e. The van der Waals surface area contributed by atoms with Crippen LogP contribution in [0.1, 0.15) is 43.6 Å². The summed E-state index contributed by atoms with van der Waals surface area (Å²) in [6, 6.07) is 0. The van der Waals surface area contributed by atoms with Crippen molar-refractivity contribution < 1.29 is 4.79 Å². The van der Waals surface area contributed by atoms with Crippen LogP contribution in [0.4, 0.5) is 0 Å². The first-order valence-corrected chi connectivity index (χ1v) is 9.67. The minimum absolute atomic E-state index is 0.115. The number of nitrogens with zero attached hydrogens (tertiary/aromatic N) is 2. The molecule has 0 unspecified atom stereocenters. The van der Waals surface area contributed by atoms with Crippen LogP contribution in [0.2, 0.25) is 0 Å². The Kier molecular flexibility index (Phi) is 8.99. The van der Waals surface area contributed by atoms with Gasteiger partial charge in [0, 0.05) is 24.4 Å². The third-order valence-electron chi connectivity index (χ3n) is 3.51. The normalized spacial score (nSPS) is 10.6. The van der Waals surface area contributed by atoms with E-state index in [-0.39, 0.29) is 5.91 Å². The lowest BCUT2D eigenvalue weighted by atomic mass is 10.1. The van der Waals surface area contributed by atoms with Crippen LogP contribution in [-0.4, -0.2) is 33.8 Å². The van der Waals surface area contributed by atoms with E-state index < -0.39 is 0 Å². The number of thiocarbonyl (C=S) groups is 1. The van der Waals surface area contributed by atoms with Crippen LogP contribution in [0.3, 0.4) is 0 Å². The molecule has 1 heterocycles. The fourth-order valence-electron chi connectivity index (χ4n) is 2.11. The summed E-state index contributed by atoms with van der Waals surface area (Å²) < 4.78 is 0. The lowest BCUT2D eigenvalue weighted by molar-refractivity contribution is -0.121. The van der Waals surface area contributed by atoms with E-state index in [2.05, 4.69) is 40.0 Å². The zero-order chi connectivity index (χ0) is 18.1. The SMILES string of the molecule is CSc1nc(C)c(CCC(=O)NNC(=S)NCCC(C)C)c(C)n1. The number of hydrogen-bond acceptors (Lipinski definition) is 5. The first kappa shape index (κ1) is 20.6. The van der Waals surface area contributed by atoms with E-state index in [0.29, 0.717) is 23.9 Å². The van der Waals surface area contributed by atoms with Crippen molar-refractivity contribution in [1.29, 1.82) is 0 Å². The molecule has 0 aliphatic rings. The number of amides is 1. The number of carbonyl (C=O) groups excluding carboxylic acids is 1. The summed E-state index contributed by atoms with van der Waals surface area (Å²) in [7, 11) is 0. The Hall–Kier alpha value is -1.41. The second-order valence-electron chi connectivity index (χ2n) is 5.97. The number of nitrogens with one attached hydrogen (secondary N) is 3. The highest BCUT2D eigenvalue weighted by molar-refractivity contribution is 7.98. The average Bonchev–Trinajstić information content (AvgIpc) is 2.51. The van der Waals surface area contributed by atoms with Crippen molar-refractivity contribution >= 4 is 35.0 Å². The summed E-state index contributed by atoms with van der Waals surface area (Å²) >= 11 is 6.63. The third-order valence-corrected chi connectivity index (χ3v) is 4.30. The van der Waals surface area contributed by atoms with Crippen LogP contribution in [0.25, 0.3) is 0 Å². The fourth-order valence-corrected chi connectivity index (χ4v) is 2.72. The Morgan fingerprint density at radius 1 is 1.21 bits per heavy atom. The molecule has 134 valence electrons. The lowest BCUT2D eigenvalue weighted by Gasteiger charge is -2.13. The number of hydrogen-bond donors (Lipinski definition) is 3.